The lowest BCUT2D eigenvalue weighted by Gasteiger charge is -2.31. The molecule has 3 heteroatoms. The summed E-state index contributed by atoms with van der Waals surface area (Å²) in [5, 5.41) is 10.2. The molecule has 14 heavy (non-hydrogen) atoms. The van der Waals surface area contributed by atoms with Crippen LogP contribution in [0.15, 0.2) is 18.2 Å². The van der Waals surface area contributed by atoms with E-state index in [2.05, 4.69) is 11.0 Å². The molecule has 1 aliphatic heterocycles. The molecule has 1 heterocycles. The van der Waals surface area contributed by atoms with E-state index in [0.29, 0.717) is 11.6 Å². The average molecular weight is 211 g/mol. The van der Waals surface area contributed by atoms with Gasteiger partial charge >= 0.3 is 0 Å². The second-order valence-corrected chi connectivity index (χ2v) is 4.07. The van der Waals surface area contributed by atoms with Crippen molar-refractivity contribution >= 4 is 17.3 Å². The number of nitrogens with zero attached hydrogens (tertiary/aromatic N) is 1. The van der Waals surface area contributed by atoms with E-state index < -0.39 is 0 Å². The predicted octanol–water partition coefficient (Wildman–Crippen LogP) is 2.10. The maximum atomic E-state index is 9.51. The van der Waals surface area contributed by atoms with Crippen LogP contribution in [0.2, 0.25) is 5.02 Å². The van der Waals surface area contributed by atoms with Crippen LogP contribution in [-0.2, 0) is 0 Å². The molecule has 75 valence electrons. The van der Waals surface area contributed by atoms with E-state index in [1.807, 2.05) is 12.1 Å². The summed E-state index contributed by atoms with van der Waals surface area (Å²) in [5.41, 5.74) is 1.02. The standard InChI is InChI=1S/C11H13ClNO/c12-9-3-5-10(6-4-9)13-7-1-2-11(14)8-13/h3-5,11,14H,1-2,7-8H2. The molecule has 0 saturated carbocycles. The third-order valence-electron chi connectivity index (χ3n) is 2.50. The molecule has 0 aliphatic carbocycles. The van der Waals surface area contributed by atoms with Crippen molar-refractivity contribution in [1.82, 2.24) is 0 Å². The van der Waals surface area contributed by atoms with Gasteiger partial charge in [0.25, 0.3) is 0 Å². The maximum absolute atomic E-state index is 9.51. The summed E-state index contributed by atoms with van der Waals surface area (Å²) >= 11 is 5.78. The van der Waals surface area contributed by atoms with Crippen LogP contribution in [0.3, 0.4) is 0 Å². The predicted molar refractivity (Wildman–Crippen MR) is 57.7 cm³/mol. The molecule has 0 aromatic heterocycles. The van der Waals surface area contributed by atoms with Gasteiger partial charge in [-0.3, -0.25) is 0 Å². The fraction of sp³-hybridized carbons (Fsp3) is 0.455. The fourth-order valence-corrected chi connectivity index (χ4v) is 1.89. The summed E-state index contributed by atoms with van der Waals surface area (Å²) in [7, 11) is 0. The maximum Gasteiger partial charge on any atom is 0.0715 e. The fourth-order valence-electron chi connectivity index (χ4n) is 1.77. The topological polar surface area (TPSA) is 23.5 Å². The van der Waals surface area contributed by atoms with Crippen molar-refractivity contribution in [2.45, 2.75) is 18.9 Å². The molecule has 2 nitrogen and oxygen atoms in total. The highest BCUT2D eigenvalue weighted by molar-refractivity contribution is 6.30. The minimum Gasteiger partial charge on any atom is -0.391 e. The Kier molecular flexibility index (Phi) is 2.94. The van der Waals surface area contributed by atoms with Crippen molar-refractivity contribution in [1.29, 1.82) is 0 Å². The molecule has 1 aromatic carbocycles. The molecule has 1 aliphatic rings. The molecule has 2 rings (SSSR count). The van der Waals surface area contributed by atoms with Crippen LogP contribution >= 0.6 is 11.6 Å². The quantitative estimate of drug-likeness (QED) is 0.768. The lowest BCUT2D eigenvalue weighted by molar-refractivity contribution is 0.154. The summed E-state index contributed by atoms with van der Waals surface area (Å²) in [6, 6.07) is 8.67. The Morgan fingerprint density at radius 3 is 3.00 bits per heavy atom. The normalized spacial score (nSPS) is 22.4. The van der Waals surface area contributed by atoms with E-state index in [1.54, 1.807) is 6.07 Å². The van der Waals surface area contributed by atoms with Gasteiger partial charge in [0.2, 0.25) is 0 Å². The average Bonchev–Trinajstić information content (AvgIpc) is 2.19. The minimum absolute atomic E-state index is 0.201. The van der Waals surface area contributed by atoms with Crippen LogP contribution in [0, 0.1) is 6.07 Å². The first-order chi connectivity index (χ1) is 6.75. The molecule has 1 saturated heterocycles. The molecule has 1 atom stereocenters. The Morgan fingerprint density at radius 1 is 1.50 bits per heavy atom. The monoisotopic (exact) mass is 210 g/mol. The third kappa shape index (κ3) is 2.20. The van der Waals surface area contributed by atoms with E-state index in [-0.39, 0.29) is 6.10 Å². The zero-order chi connectivity index (χ0) is 9.97. The van der Waals surface area contributed by atoms with E-state index in [1.165, 1.54) is 0 Å². The van der Waals surface area contributed by atoms with Crippen molar-refractivity contribution in [3.8, 4) is 0 Å². The van der Waals surface area contributed by atoms with Gasteiger partial charge in [0.15, 0.2) is 0 Å². The molecule has 0 bridgehead atoms. The van der Waals surface area contributed by atoms with Crippen molar-refractivity contribution < 1.29 is 5.11 Å². The summed E-state index contributed by atoms with van der Waals surface area (Å²) in [6.45, 7) is 1.70. The Labute approximate surface area is 89.1 Å². The van der Waals surface area contributed by atoms with Crippen LogP contribution in [0.1, 0.15) is 12.8 Å². The van der Waals surface area contributed by atoms with Crippen LogP contribution in [0.4, 0.5) is 5.69 Å². The molecule has 0 amide bonds. The van der Waals surface area contributed by atoms with Gasteiger partial charge in [-0.05, 0) is 31.0 Å². The molecule has 1 radical (unpaired) electrons. The van der Waals surface area contributed by atoms with E-state index in [0.717, 1.165) is 25.1 Å². The first-order valence-corrected chi connectivity index (χ1v) is 5.24. The first-order valence-electron chi connectivity index (χ1n) is 4.86. The van der Waals surface area contributed by atoms with Gasteiger partial charge in [-0.25, -0.2) is 0 Å². The third-order valence-corrected chi connectivity index (χ3v) is 2.73. The SMILES string of the molecule is OC1CCCN(c2[c]cc(Cl)cc2)C1. The highest BCUT2D eigenvalue weighted by atomic mass is 35.5. The van der Waals surface area contributed by atoms with Crippen LogP contribution < -0.4 is 4.90 Å². The van der Waals surface area contributed by atoms with Crippen molar-refractivity contribution in [3.05, 3.63) is 29.3 Å². The highest BCUT2D eigenvalue weighted by Crippen LogP contribution is 2.21. The van der Waals surface area contributed by atoms with Crippen molar-refractivity contribution in [2.24, 2.45) is 0 Å². The number of hydrogen-bond donors (Lipinski definition) is 1. The molecule has 1 unspecified atom stereocenters. The van der Waals surface area contributed by atoms with Gasteiger partial charge in [0.05, 0.1) is 6.10 Å². The lowest BCUT2D eigenvalue weighted by atomic mass is 10.1. The number of anilines is 1. The molecule has 1 fully saturated rings. The largest absolute Gasteiger partial charge is 0.391 e. The van der Waals surface area contributed by atoms with Gasteiger partial charge in [-0.2, -0.15) is 0 Å². The molecule has 0 spiro atoms. The Morgan fingerprint density at radius 2 is 2.36 bits per heavy atom. The molecule has 1 N–H and O–H groups in total. The highest BCUT2D eigenvalue weighted by Gasteiger charge is 2.17. The summed E-state index contributed by atoms with van der Waals surface area (Å²) in [5.74, 6) is 0. The van der Waals surface area contributed by atoms with Gasteiger partial charge in [0.1, 0.15) is 0 Å². The summed E-state index contributed by atoms with van der Waals surface area (Å²) in [4.78, 5) is 2.14. The van der Waals surface area contributed by atoms with E-state index in [9.17, 15) is 5.11 Å². The summed E-state index contributed by atoms with van der Waals surface area (Å²) < 4.78 is 0. The van der Waals surface area contributed by atoms with Crippen molar-refractivity contribution in [3.63, 3.8) is 0 Å². The van der Waals surface area contributed by atoms with Gasteiger partial charge in [-0.15, -0.1) is 0 Å². The Hall–Kier alpha value is -0.730. The number of benzene rings is 1. The second kappa shape index (κ2) is 4.20. The number of rotatable bonds is 1. The zero-order valence-corrected chi connectivity index (χ0v) is 8.67. The van der Waals surface area contributed by atoms with Crippen LogP contribution in [0.25, 0.3) is 0 Å². The first kappa shape index (κ1) is 9.81. The minimum atomic E-state index is -0.201. The lowest BCUT2D eigenvalue weighted by Crippen LogP contribution is -2.38. The number of aliphatic hydroxyl groups excluding tert-OH is 1. The molecule has 1 aromatic rings. The number of piperidine rings is 1. The number of β-amino-alcohol motifs (C(OH)–C–C–N with tert-alkyl or cyclic N) is 1. The Bertz CT molecular complexity index is 299. The van der Waals surface area contributed by atoms with Crippen LogP contribution in [-0.4, -0.2) is 24.3 Å². The molecular weight excluding hydrogens is 198 g/mol. The second-order valence-electron chi connectivity index (χ2n) is 3.63. The Balaban J connectivity index is 2.10. The molecular formula is C11H13ClNO. The van der Waals surface area contributed by atoms with E-state index >= 15 is 0 Å². The van der Waals surface area contributed by atoms with Gasteiger partial charge in [0, 0.05) is 29.9 Å². The van der Waals surface area contributed by atoms with E-state index in [4.69, 9.17) is 11.6 Å². The zero-order valence-electron chi connectivity index (χ0n) is 7.91. The van der Waals surface area contributed by atoms with Crippen LogP contribution in [0.5, 0.6) is 0 Å². The smallest absolute Gasteiger partial charge is 0.0715 e. The number of halogens is 1. The summed E-state index contributed by atoms with van der Waals surface area (Å²) in [6.07, 6.45) is 1.75. The van der Waals surface area contributed by atoms with Gasteiger partial charge < -0.3 is 10.0 Å². The number of hydrogen-bond acceptors (Lipinski definition) is 2. The number of aliphatic hydroxyl groups is 1. The van der Waals surface area contributed by atoms with Gasteiger partial charge in [-0.1, -0.05) is 11.6 Å². The van der Waals surface area contributed by atoms with Crippen molar-refractivity contribution in [2.75, 3.05) is 18.0 Å².